The lowest BCUT2D eigenvalue weighted by Crippen LogP contribution is -2.49. The molecule has 4 rings (SSSR count). The van der Waals surface area contributed by atoms with Gasteiger partial charge in [-0.05, 0) is 42.8 Å². The first-order valence-corrected chi connectivity index (χ1v) is 9.45. The van der Waals surface area contributed by atoms with Crippen LogP contribution in [-0.2, 0) is 0 Å². The molecule has 1 aliphatic rings. The molecule has 1 amide bonds. The van der Waals surface area contributed by atoms with E-state index in [0.717, 1.165) is 30.2 Å². The summed E-state index contributed by atoms with van der Waals surface area (Å²) in [5, 5.41) is 3.30. The molecule has 0 unspecified atom stereocenters. The first-order valence-electron chi connectivity index (χ1n) is 9.45. The van der Waals surface area contributed by atoms with Gasteiger partial charge >= 0.3 is 0 Å². The van der Waals surface area contributed by atoms with Crippen LogP contribution in [0.15, 0.2) is 67.0 Å². The average Bonchev–Trinajstić information content (AvgIpc) is 2.76. The summed E-state index contributed by atoms with van der Waals surface area (Å²) in [5.41, 5.74) is 2.77. The summed E-state index contributed by atoms with van der Waals surface area (Å²) < 4.78 is 0. The fourth-order valence-corrected chi connectivity index (χ4v) is 3.35. The molecule has 6 nitrogen and oxygen atoms in total. The quantitative estimate of drug-likeness (QED) is 0.759. The van der Waals surface area contributed by atoms with E-state index in [2.05, 4.69) is 20.2 Å². The maximum atomic E-state index is 13.0. The van der Waals surface area contributed by atoms with Crippen LogP contribution < -0.4 is 10.2 Å². The van der Waals surface area contributed by atoms with Crippen molar-refractivity contribution in [3.63, 3.8) is 0 Å². The molecule has 0 atom stereocenters. The summed E-state index contributed by atoms with van der Waals surface area (Å²) in [5.74, 6) is 1.67. The Morgan fingerprint density at radius 1 is 0.929 bits per heavy atom. The van der Waals surface area contributed by atoms with Gasteiger partial charge < -0.3 is 15.1 Å². The number of aryl methyl sites for hydroxylation is 1. The first kappa shape index (κ1) is 18.0. The highest BCUT2D eigenvalue weighted by Gasteiger charge is 2.23. The van der Waals surface area contributed by atoms with Crippen LogP contribution >= 0.6 is 0 Å². The Hall–Kier alpha value is -3.41. The highest BCUT2D eigenvalue weighted by atomic mass is 16.2. The van der Waals surface area contributed by atoms with Gasteiger partial charge in [0.25, 0.3) is 5.91 Å². The van der Waals surface area contributed by atoms with Crippen molar-refractivity contribution < 1.29 is 4.79 Å². The molecule has 1 fully saturated rings. The summed E-state index contributed by atoms with van der Waals surface area (Å²) >= 11 is 0. The van der Waals surface area contributed by atoms with Gasteiger partial charge in [0.05, 0.1) is 0 Å². The number of hydrogen-bond donors (Lipinski definition) is 1. The number of hydrogen-bond acceptors (Lipinski definition) is 5. The number of nitrogens with one attached hydrogen (secondary N) is 1. The number of benzene rings is 1. The molecule has 1 aromatic carbocycles. The number of carbonyl (C=O) groups is 1. The van der Waals surface area contributed by atoms with Crippen molar-refractivity contribution in [3.8, 4) is 0 Å². The van der Waals surface area contributed by atoms with Crippen molar-refractivity contribution in [3.05, 3.63) is 78.1 Å². The molecule has 28 heavy (non-hydrogen) atoms. The van der Waals surface area contributed by atoms with E-state index in [4.69, 9.17) is 0 Å². The van der Waals surface area contributed by atoms with E-state index >= 15 is 0 Å². The van der Waals surface area contributed by atoms with Crippen molar-refractivity contribution in [1.29, 1.82) is 0 Å². The topological polar surface area (TPSA) is 61.4 Å². The molecule has 3 aromatic rings. The minimum atomic E-state index is 0.0379. The molecular formula is C22H23N5O. The van der Waals surface area contributed by atoms with Crippen LogP contribution in [0.5, 0.6) is 0 Å². The molecule has 1 aliphatic heterocycles. The molecule has 0 spiro atoms. The smallest absolute Gasteiger partial charge is 0.254 e. The van der Waals surface area contributed by atoms with Crippen molar-refractivity contribution in [2.45, 2.75) is 6.92 Å². The van der Waals surface area contributed by atoms with Gasteiger partial charge in [-0.25, -0.2) is 9.97 Å². The second-order valence-corrected chi connectivity index (χ2v) is 6.84. The minimum Gasteiger partial charge on any atom is -0.353 e. The predicted molar refractivity (Wildman–Crippen MR) is 111 cm³/mol. The molecule has 6 heteroatoms. The first-order chi connectivity index (χ1) is 13.7. The van der Waals surface area contributed by atoms with Gasteiger partial charge in [0.1, 0.15) is 11.6 Å². The highest BCUT2D eigenvalue weighted by molar-refractivity contribution is 5.95. The Morgan fingerprint density at radius 2 is 1.71 bits per heavy atom. The zero-order valence-electron chi connectivity index (χ0n) is 15.9. The van der Waals surface area contributed by atoms with E-state index in [-0.39, 0.29) is 5.91 Å². The van der Waals surface area contributed by atoms with Crippen LogP contribution in [0.2, 0.25) is 0 Å². The normalized spacial score (nSPS) is 14.0. The van der Waals surface area contributed by atoms with E-state index in [1.165, 1.54) is 0 Å². The lowest BCUT2D eigenvalue weighted by molar-refractivity contribution is 0.0746. The minimum absolute atomic E-state index is 0.0379. The van der Waals surface area contributed by atoms with Crippen molar-refractivity contribution in [2.75, 3.05) is 36.4 Å². The summed E-state index contributed by atoms with van der Waals surface area (Å²) in [7, 11) is 0. The Kier molecular flexibility index (Phi) is 5.19. The maximum absolute atomic E-state index is 13.0. The second-order valence-electron chi connectivity index (χ2n) is 6.84. The largest absolute Gasteiger partial charge is 0.353 e. The summed E-state index contributed by atoms with van der Waals surface area (Å²) in [4.78, 5) is 25.8. The molecule has 0 saturated carbocycles. The molecule has 2 aromatic heterocycles. The van der Waals surface area contributed by atoms with Gasteiger partial charge in [-0.15, -0.1) is 0 Å². The molecular weight excluding hydrogens is 350 g/mol. The molecule has 0 aliphatic carbocycles. The van der Waals surface area contributed by atoms with Crippen molar-refractivity contribution in [1.82, 2.24) is 14.9 Å². The van der Waals surface area contributed by atoms with Crippen molar-refractivity contribution >= 4 is 23.2 Å². The molecule has 0 radical (unpaired) electrons. The zero-order chi connectivity index (χ0) is 19.3. The third-order valence-electron chi connectivity index (χ3n) is 4.95. The lowest BCUT2D eigenvalue weighted by atomic mass is 10.2. The van der Waals surface area contributed by atoms with Crippen LogP contribution in [-0.4, -0.2) is 47.0 Å². The van der Waals surface area contributed by atoms with Crippen LogP contribution in [0.3, 0.4) is 0 Å². The van der Waals surface area contributed by atoms with Gasteiger partial charge in [-0.1, -0.05) is 24.3 Å². The number of nitrogens with zero attached hydrogens (tertiary/aromatic N) is 4. The monoisotopic (exact) mass is 373 g/mol. The Morgan fingerprint density at radius 3 is 2.46 bits per heavy atom. The zero-order valence-corrected chi connectivity index (χ0v) is 15.9. The van der Waals surface area contributed by atoms with Crippen molar-refractivity contribution in [2.24, 2.45) is 0 Å². The van der Waals surface area contributed by atoms with Gasteiger partial charge in [0.15, 0.2) is 0 Å². The molecule has 3 heterocycles. The van der Waals surface area contributed by atoms with Gasteiger partial charge in [0, 0.05) is 49.8 Å². The number of pyridine rings is 2. The van der Waals surface area contributed by atoms with Crippen LogP contribution in [0.4, 0.5) is 17.3 Å². The maximum Gasteiger partial charge on any atom is 0.254 e. The number of rotatable bonds is 4. The number of carbonyl (C=O) groups excluding carboxylic acids is 1. The van der Waals surface area contributed by atoms with Gasteiger partial charge in [0.2, 0.25) is 0 Å². The fourth-order valence-electron chi connectivity index (χ4n) is 3.35. The fraction of sp³-hybridized carbons (Fsp3) is 0.227. The summed E-state index contributed by atoms with van der Waals surface area (Å²) in [6.07, 6.45) is 3.48. The van der Waals surface area contributed by atoms with E-state index in [1.54, 1.807) is 18.5 Å². The van der Waals surface area contributed by atoms with Crippen LogP contribution in [0, 0.1) is 6.92 Å². The lowest BCUT2D eigenvalue weighted by Gasteiger charge is -2.35. The second kappa shape index (κ2) is 8.08. The highest BCUT2D eigenvalue weighted by Crippen LogP contribution is 2.20. The summed E-state index contributed by atoms with van der Waals surface area (Å²) in [6, 6.07) is 17.5. The molecule has 142 valence electrons. The third-order valence-corrected chi connectivity index (χ3v) is 4.95. The van der Waals surface area contributed by atoms with Crippen LogP contribution in [0.1, 0.15) is 15.9 Å². The Balaban J connectivity index is 1.42. The molecule has 1 saturated heterocycles. The molecule has 1 N–H and O–H groups in total. The number of anilines is 3. The SMILES string of the molecule is Cc1ccccc1Nc1cc(C(=O)N2CCN(c3ccccn3)CC2)ccn1. The van der Waals surface area contributed by atoms with Gasteiger partial charge in [-0.3, -0.25) is 4.79 Å². The van der Waals surface area contributed by atoms with Crippen LogP contribution in [0.25, 0.3) is 0 Å². The number of amides is 1. The van der Waals surface area contributed by atoms with E-state index in [0.29, 0.717) is 24.5 Å². The standard InChI is InChI=1S/C22H23N5O/c1-17-6-2-3-7-19(17)25-20-16-18(9-11-23-20)22(28)27-14-12-26(13-15-27)21-8-4-5-10-24-21/h2-11,16H,12-15H2,1H3,(H,23,25). The Labute approximate surface area is 164 Å². The number of piperazine rings is 1. The van der Waals surface area contributed by atoms with Gasteiger partial charge in [-0.2, -0.15) is 0 Å². The number of para-hydroxylation sites is 1. The van der Waals surface area contributed by atoms with E-state index in [1.807, 2.05) is 60.4 Å². The molecule has 0 bridgehead atoms. The summed E-state index contributed by atoms with van der Waals surface area (Å²) in [6.45, 7) is 4.96. The van der Waals surface area contributed by atoms with E-state index < -0.39 is 0 Å². The van der Waals surface area contributed by atoms with E-state index in [9.17, 15) is 4.79 Å². The number of aromatic nitrogens is 2. The average molecular weight is 373 g/mol. The predicted octanol–water partition coefficient (Wildman–Crippen LogP) is 3.49. The Bertz CT molecular complexity index is 952. The third kappa shape index (κ3) is 3.96.